The number of benzene rings is 2. The van der Waals surface area contributed by atoms with Crippen LogP contribution in [0, 0.1) is 11.8 Å². The Morgan fingerprint density at radius 1 is 1.05 bits per heavy atom. The lowest BCUT2D eigenvalue weighted by Gasteiger charge is -2.45. The molecule has 3 aliphatic carbocycles. The lowest BCUT2D eigenvalue weighted by molar-refractivity contribution is -0.157. The molecule has 5 rings (SSSR count). The number of phenolic OH excluding ortho intramolecular Hbond substituents is 1. The van der Waals surface area contributed by atoms with Gasteiger partial charge in [0.15, 0.2) is 5.60 Å². The fraction of sp³-hybridized carbons (Fsp3) is 0.406. The molecule has 0 radical (unpaired) electrons. The number of primary amides is 1. The quantitative estimate of drug-likeness (QED) is 0.308. The van der Waals surface area contributed by atoms with Crippen LogP contribution in [0.15, 0.2) is 47.6 Å². The second-order valence-corrected chi connectivity index (χ2v) is 11.0. The fourth-order valence-corrected chi connectivity index (χ4v) is 6.75. The minimum atomic E-state index is -2.47. The third kappa shape index (κ3) is 4.17. The number of phenols is 1. The number of aromatic hydroxyl groups is 1. The van der Waals surface area contributed by atoms with Crippen LogP contribution in [-0.4, -0.2) is 56.4 Å². The number of nitrogens with two attached hydrogens (primary N) is 1. The molecule has 1 fully saturated rings. The van der Waals surface area contributed by atoms with E-state index in [2.05, 4.69) is 43.9 Å². The zero-order valence-corrected chi connectivity index (χ0v) is 23.2. The summed E-state index contributed by atoms with van der Waals surface area (Å²) in [6, 6.07) is 9.79. The van der Waals surface area contributed by atoms with Crippen molar-refractivity contribution in [2.75, 3.05) is 13.1 Å². The van der Waals surface area contributed by atoms with Gasteiger partial charge in [-0.15, -0.1) is 0 Å². The molecular weight excluding hydrogens is 508 g/mol. The van der Waals surface area contributed by atoms with Gasteiger partial charge in [0.2, 0.25) is 11.6 Å². The molecule has 1 amide bonds. The minimum Gasteiger partial charge on any atom is -0.507 e. The van der Waals surface area contributed by atoms with Crippen molar-refractivity contribution in [3.63, 3.8) is 0 Å². The summed E-state index contributed by atoms with van der Waals surface area (Å²) in [6.45, 7) is 9.00. The Morgan fingerprint density at radius 2 is 1.77 bits per heavy atom. The summed E-state index contributed by atoms with van der Waals surface area (Å²) in [7, 11) is 0. The number of rotatable bonds is 7. The average molecular weight is 545 g/mol. The SMILES string of the molecule is CCc1ccc(CN(CC)CC)cc1-c1ccc(O)c2c1C[C@H]1C[C@H]3CC=C(C(N)=O)C(=O)[C@@]3(O)C(=O)C1=C2O. The van der Waals surface area contributed by atoms with E-state index in [4.69, 9.17) is 5.73 Å². The number of hydrogen-bond donors (Lipinski definition) is 4. The number of allylic oxidation sites excluding steroid dienone is 1. The van der Waals surface area contributed by atoms with E-state index in [1.165, 1.54) is 12.1 Å². The lowest BCUT2D eigenvalue weighted by atomic mass is 9.58. The second-order valence-electron chi connectivity index (χ2n) is 11.0. The highest BCUT2D eigenvalue weighted by molar-refractivity contribution is 6.32. The molecule has 8 nitrogen and oxygen atoms in total. The predicted molar refractivity (Wildman–Crippen MR) is 151 cm³/mol. The van der Waals surface area contributed by atoms with Gasteiger partial charge < -0.3 is 21.1 Å². The van der Waals surface area contributed by atoms with Crippen molar-refractivity contribution in [2.24, 2.45) is 17.6 Å². The first-order chi connectivity index (χ1) is 19.1. The van der Waals surface area contributed by atoms with Gasteiger partial charge in [-0.3, -0.25) is 19.3 Å². The first-order valence-corrected chi connectivity index (χ1v) is 14.0. The molecule has 40 heavy (non-hydrogen) atoms. The Labute approximate surface area is 233 Å². The van der Waals surface area contributed by atoms with Crippen LogP contribution in [0.4, 0.5) is 0 Å². The molecule has 8 heteroatoms. The van der Waals surface area contributed by atoms with Crippen LogP contribution in [0.1, 0.15) is 55.9 Å². The molecule has 0 saturated heterocycles. The maximum absolute atomic E-state index is 13.7. The number of carbonyl (C=O) groups is 3. The van der Waals surface area contributed by atoms with Gasteiger partial charge in [0, 0.05) is 18.0 Å². The molecule has 1 saturated carbocycles. The van der Waals surface area contributed by atoms with Gasteiger partial charge >= 0.3 is 0 Å². The van der Waals surface area contributed by atoms with E-state index in [1.807, 2.05) is 6.07 Å². The predicted octanol–water partition coefficient (Wildman–Crippen LogP) is 3.61. The van der Waals surface area contributed by atoms with Gasteiger partial charge in [-0.2, -0.15) is 0 Å². The molecule has 210 valence electrons. The lowest BCUT2D eigenvalue weighted by Crippen LogP contribution is -2.60. The van der Waals surface area contributed by atoms with Crippen molar-refractivity contribution in [3.8, 4) is 16.9 Å². The topological polar surface area (TPSA) is 141 Å². The molecule has 2 aromatic rings. The maximum Gasteiger partial charge on any atom is 0.252 e. The van der Waals surface area contributed by atoms with E-state index in [1.54, 1.807) is 0 Å². The number of hydrogen-bond acceptors (Lipinski definition) is 7. The van der Waals surface area contributed by atoms with E-state index in [9.17, 15) is 29.7 Å². The number of Topliss-reactive ketones (excluding diaryl/α,β-unsaturated/α-hetero) is 2. The summed E-state index contributed by atoms with van der Waals surface area (Å²) in [5.74, 6) is -4.78. The molecule has 0 spiro atoms. The van der Waals surface area contributed by atoms with Crippen molar-refractivity contribution < 1.29 is 29.7 Å². The smallest absolute Gasteiger partial charge is 0.252 e. The highest BCUT2D eigenvalue weighted by Gasteiger charge is 2.60. The molecule has 5 N–H and O–H groups in total. The summed E-state index contributed by atoms with van der Waals surface area (Å²) in [4.78, 5) is 41.0. The molecule has 3 aliphatic rings. The Hall–Kier alpha value is -3.75. The van der Waals surface area contributed by atoms with E-state index < -0.39 is 46.2 Å². The Balaban J connectivity index is 1.64. The van der Waals surface area contributed by atoms with Crippen LogP contribution < -0.4 is 5.73 Å². The van der Waals surface area contributed by atoms with Crippen LogP contribution >= 0.6 is 0 Å². The standard InChI is InChI=1S/C32H36N2O6/c1-4-18-8-7-17(16-34(5-2)6-3)13-23(18)21-11-12-25(35)27-24(21)15-19-14-20-9-10-22(31(33)39)29(37)32(20,40)30(38)26(19)28(27)36/h7-8,10-13,19-20,35-36,40H,4-6,9,14-16H2,1-3H3,(H2,33,39)/t19-,20-,32-/m1/s1. The number of aryl methyl sites for hydroxylation is 1. The molecule has 0 aliphatic heterocycles. The first kappa shape index (κ1) is 27.8. The number of aliphatic hydroxyl groups is 2. The molecular formula is C32H36N2O6. The largest absolute Gasteiger partial charge is 0.507 e. The van der Waals surface area contributed by atoms with Crippen LogP contribution in [0.3, 0.4) is 0 Å². The first-order valence-electron chi connectivity index (χ1n) is 14.0. The van der Waals surface area contributed by atoms with E-state index in [0.29, 0.717) is 6.42 Å². The van der Waals surface area contributed by atoms with Crippen LogP contribution in [0.25, 0.3) is 16.9 Å². The summed E-state index contributed by atoms with van der Waals surface area (Å²) in [5, 5.41) is 33.8. The molecule has 2 aromatic carbocycles. The third-order valence-corrected chi connectivity index (χ3v) is 9.00. The third-order valence-electron chi connectivity index (χ3n) is 9.00. The summed E-state index contributed by atoms with van der Waals surface area (Å²) in [6.07, 6.45) is 2.93. The second kappa shape index (κ2) is 10.3. The summed E-state index contributed by atoms with van der Waals surface area (Å²) >= 11 is 0. The molecule has 0 aromatic heterocycles. The number of carbonyl (C=O) groups excluding carboxylic acids is 3. The van der Waals surface area contributed by atoms with Crippen molar-refractivity contribution >= 4 is 23.2 Å². The van der Waals surface area contributed by atoms with Crippen LogP contribution in [0.5, 0.6) is 5.75 Å². The monoisotopic (exact) mass is 544 g/mol. The number of ketones is 2. The number of fused-ring (bicyclic) bond motifs is 3. The molecule has 3 atom stereocenters. The zero-order chi connectivity index (χ0) is 28.9. The van der Waals surface area contributed by atoms with Crippen molar-refractivity contribution in [1.29, 1.82) is 0 Å². The van der Waals surface area contributed by atoms with Crippen molar-refractivity contribution in [3.05, 3.63) is 69.8 Å². The summed E-state index contributed by atoms with van der Waals surface area (Å²) in [5.41, 5.74) is 7.42. The number of amides is 1. The Morgan fingerprint density at radius 3 is 2.42 bits per heavy atom. The van der Waals surface area contributed by atoms with Crippen LogP contribution in [-0.2, 0) is 33.8 Å². The van der Waals surface area contributed by atoms with Gasteiger partial charge in [-0.25, -0.2) is 0 Å². The van der Waals surface area contributed by atoms with Crippen LogP contribution in [0.2, 0.25) is 0 Å². The highest BCUT2D eigenvalue weighted by atomic mass is 16.3. The van der Waals surface area contributed by atoms with E-state index >= 15 is 0 Å². The normalized spacial score (nSPS) is 24.0. The van der Waals surface area contributed by atoms with Gasteiger partial charge in [0.25, 0.3) is 5.91 Å². The van der Waals surface area contributed by atoms with E-state index in [-0.39, 0.29) is 29.7 Å². The average Bonchev–Trinajstić information content (AvgIpc) is 2.93. The fourth-order valence-electron chi connectivity index (χ4n) is 6.75. The van der Waals surface area contributed by atoms with Crippen molar-refractivity contribution in [1.82, 2.24) is 4.90 Å². The minimum absolute atomic E-state index is 0.0798. The van der Waals surface area contributed by atoms with Gasteiger partial charge in [0.1, 0.15) is 11.5 Å². The number of aliphatic hydroxyl groups excluding tert-OH is 1. The maximum atomic E-state index is 13.7. The highest BCUT2D eigenvalue weighted by Crippen LogP contribution is 2.52. The molecule has 0 bridgehead atoms. The van der Waals surface area contributed by atoms with Gasteiger partial charge in [-0.05, 0) is 84.6 Å². The van der Waals surface area contributed by atoms with Crippen molar-refractivity contribution in [2.45, 2.75) is 58.6 Å². The summed E-state index contributed by atoms with van der Waals surface area (Å²) < 4.78 is 0. The van der Waals surface area contributed by atoms with E-state index in [0.717, 1.165) is 53.9 Å². The van der Waals surface area contributed by atoms with Gasteiger partial charge in [0.05, 0.1) is 11.1 Å². The number of nitrogens with zero attached hydrogens (tertiary/aromatic N) is 1. The molecule has 0 unspecified atom stereocenters. The van der Waals surface area contributed by atoms with Gasteiger partial charge in [-0.1, -0.05) is 45.0 Å². The molecule has 0 heterocycles. The Bertz CT molecular complexity index is 1480. The zero-order valence-electron chi connectivity index (χ0n) is 23.2. The Kier molecular flexibility index (Phi) is 7.18.